The third-order valence-corrected chi connectivity index (χ3v) is 5.74. The van der Waals surface area contributed by atoms with Crippen molar-refractivity contribution >= 4 is 17.5 Å². The third kappa shape index (κ3) is 4.25. The molecule has 1 aliphatic heterocycles. The van der Waals surface area contributed by atoms with Gasteiger partial charge in [-0.05, 0) is 19.4 Å². The van der Waals surface area contributed by atoms with Crippen molar-refractivity contribution in [3.8, 4) is 0 Å². The van der Waals surface area contributed by atoms with Crippen molar-refractivity contribution in [2.45, 2.75) is 39.2 Å². The van der Waals surface area contributed by atoms with Gasteiger partial charge < -0.3 is 15.5 Å². The van der Waals surface area contributed by atoms with Gasteiger partial charge in [-0.2, -0.15) is 5.10 Å². The van der Waals surface area contributed by atoms with Gasteiger partial charge in [-0.15, -0.1) is 0 Å². The quantitative estimate of drug-likeness (QED) is 0.709. The van der Waals surface area contributed by atoms with Crippen LogP contribution in [-0.2, 0) is 22.2 Å². The zero-order chi connectivity index (χ0) is 20.3. The maximum absolute atomic E-state index is 12.6. The first-order valence-corrected chi connectivity index (χ1v) is 9.78. The van der Waals surface area contributed by atoms with Crippen LogP contribution >= 0.6 is 0 Å². The minimum Gasteiger partial charge on any atom is -0.346 e. The molecule has 3 N–H and O–H groups in total. The van der Waals surface area contributed by atoms with Crippen molar-refractivity contribution in [2.75, 3.05) is 25.0 Å². The number of hydrogen-bond acceptors (Lipinski definition) is 3. The van der Waals surface area contributed by atoms with E-state index in [2.05, 4.69) is 27.9 Å². The van der Waals surface area contributed by atoms with Crippen molar-refractivity contribution in [2.24, 2.45) is 7.05 Å². The summed E-state index contributed by atoms with van der Waals surface area (Å²) in [4.78, 5) is 25.6. The van der Waals surface area contributed by atoms with Gasteiger partial charge in [0.1, 0.15) is 0 Å². The second kappa shape index (κ2) is 8.14. The molecular weight excluding hydrogens is 354 g/mol. The molecule has 28 heavy (non-hydrogen) atoms. The number of carbonyl (C=O) groups is 2. The highest BCUT2D eigenvalue weighted by Gasteiger charge is 2.39. The second-order valence-electron chi connectivity index (χ2n) is 7.77. The molecule has 1 aromatic carbocycles. The van der Waals surface area contributed by atoms with Gasteiger partial charge in [-0.1, -0.05) is 30.3 Å². The van der Waals surface area contributed by atoms with Crippen LogP contribution in [0.4, 0.5) is 5.69 Å². The van der Waals surface area contributed by atoms with Gasteiger partial charge in [0.05, 0.1) is 35.7 Å². The van der Waals surface area contributed by atoms with Gasteiger partial charge in [0.25, 0.3) is 5.91 Å². The lowest BCUT2D eigenvalue weighted by atomic mass is 9.80. The van der Waals surface area contributed by atoms with E-state index >= 15 is 0 Å². The standard InChI is InChI=1S/C21H29N5O2/c1-15-20(16(2)25(4)24-15)22-19(28)14-26-12-10-21(11-13-26,23-17(3)27)18-8-6-5-7-9-18/h5-9H,10-14H2,1-4H3,(H,22,28)(H,23,27)/p+1. The molecule has 7 heteroatoms. The average molecular weight is 385 g/mol. The number of carbonyl (C=O) groups excluding carboxylic acids is 2. The van der Waals surface area contributed by atoms with E-state index in [0.29, 0.717) is 6.54 Å². The Balaban J connectivity index is 1.63. The maximum atomic E-state index is 12.6. The Kier molecular flexibility index (Phi) is 5.84. The van der Waals surface area contributed by atoms with Crippen molar-refractivity contribution in [3.05, 3.63) is 47.3 Å². The number of anilines is 1. The fraction of sp³-hybridized carbons (Fsp3) is 0.476. The molecule has 1 fully saturated rings. The van der Waals surface area contributed by atoms with Gasteiger partial charge >= 0.3 is 0 Å². The topological polar surface area (TPSA) is 80.5 Å². The molecule has 0 aliphatic carbocycles. The molecule has 0 spiro atoms. The van der Waals surface area contributed by atoms with Gasteiger partial charge in [0, 0.05) is 26.8 Å². The average Bonchev–Trinajstić information content (AvgIpc) is 2.90. The molecule has 0 radical (unpaired) electrons. The molecule has 0 saturated carbocycles. The third-order valence-electron chi connectivity index (χ3n) is 5.74. The summed E-state index contributed by atoms with van der Waals surface area (Å²) >= 11 is 0. The fourth-order valence-corrected chi connectivity index (χ4v) is 4.15. The van der Waals surface area contributed by atoms with Crippen molar-refractivity contribution in [3.63, 3.8) is 0 Å². The van der Waals surface area contributed by atoms with E-state index in [-0.39, 0.29) is 17.4 Å². The molecule has 3 rings (SSSR count). The summed E-state index contributed by atoms with van der Waals surface area (Å²) in [5.74, 6) is -0.0199. The van der Waals surface area contributed by atoms with E-state index in [1.54, 1.807) is 11.6 Å². The van der Waals surface area contributed by atoms with Gasteiger partial charge in [-0.3, -0.25) is 14.3 Å². The number of benzene rings is 1. The first-order valence-electron chi connectivity index (χ1n) is 9.78. The zero-order valence-electron chi connectivity index (χ0n) is 17.1. The number of amides is 2. The van der Waals surface area contributed by atoms with Crippen LogP contribution in [0.5, 0.6) is 0 Å². The van der Waals surface area contributed by atoms with Crippen molar-refractivity contribution in [1.82, 2.24) is 15.1 Å². The number of nitrogens with zero attached hydrogens (tertiary/aromatic N) is 2. The number of aromatic nitrogens is 2. The summed E-state index contributed by atoms with van der Waals surface area (Å²) in [5, 5.41) is 10.5. The number of aryl methyl sites for hydroxylation is 2. The van der Waals surface area contributed by atoms with E-state index in [1.807, 2.05) is 39.1 Å². The number of quaternary nitrogens is 1. The lowest BCUT2D eigenvalue weighted by molar-refractivity contribution is -0.898. The van der Waals surface area contributed by atoms with Gasteiger partial charge in [0.15, 0.2) is 6.54 Å². The molecule has 7 nitrogen and oxygen atoms in total. The Hall–Kier alpha value is -2.67. The largest absolute Gasteiger partial charge is 0.346 e. The first-order chi connectivity index (χ1) is 13.3. The summed E-state index contributed by atoms with van der Waals surface area (Å²) in [6, 6.07) is 10.1. The molecule has 1 aromatic heterocycles. The van der Waals surface area contributed by atoms with Crippen LogP contribution in [0.2, 0.25) is 0 Å². The Morgan fingerprint density at radius 2 is 1.82 bits per heavy atom. The van der Waals surface area contributed by atoms with Crippen LogP contribution < -0.4 is 15.5 Å². The number of piperidine rings is 1. The van der Waals surface area contributed by atoms with Crippen LogP contribution in [0, 0.1) is 13.8 Å². The van der Waals surface area contributed by atoms with E-state index in [1.165, 1.54) is 4.90 Å². The second-order valence-corrected chi connectivity index (χ2v) is 7.77. The van der Waals surface area contributed by atoms with Crippen LogP contribution in [0.1, 0.15) is 36.7 Å². The van der Waals surface area contributed by atoms with Gasteiger partial charge in [-0.25, -0.2) is 0 Å². The predicted octanol–water partition coefficient (Wildman–Crippen LogP) is 0.686. The summed E-state index contributed by atoms with van der Waals surface area (Å²) in [6.07, 6.45) is 1.62. The molecule has 1 aliphatic rings. The normalized spacial score (nSPS) is 21.9. The molecule has 2 heterocycles. The molecule has 0 unspecified atom stereocenters. The molecular formula is C21H30N5O2+. The van der Waals surface area contributed by atoms with Crippen LogP contribution in [0.15, 0.2) is 30.3 Å². The monoisotopic (exact) mass is 384 g/mol. The highest BCUT2D eigenvalue weighted by molar-refractivity contribution is 5.92. The van der Waals surface area contributed by atoms with Crippen LogP contribution in [-0.4, -0.2) is 41.2 Å². The summed E-state index contributed by atoms with van der Waals surface area (Å²) in [7, 11) is 1.87. The van der Waals surface area contributed by atoms with Crippen LogP contribution in [0.3, 0.4) is 0 Å². The number of rotatable bonds is 5. The lowest BCUT2D eigenvalue weighted by Crippen LogP contribution is -3.14. The van der Waals surface area contributed by atoms with Crippen molar-refractivity contribution < 1.29 is 14.5 Å². The number of nitrogens with one attached hydrogen (secondary N) is 3. The van der Waals surface area contributed by atoms with Gasteiger partial charge in [0.2, 0.25) is 5.91 Å². The van der Waals surface area contributed by atoms with Crippen molar-refractivity contribution in [1.29, 1.82) is 0 Å². The lowest BCUT2D eigenvalue weighted by Gasteiger charge is -2.40. The number of likely N-dealkylation sites (tertiary alicyclic amines) is 1. The predicted molar refractivity (Wildman–Crippen MR) is 108 cm³/mol. The molecule has 1 saturated heterocycles. The summed E-state index contributed by atoms with van der Waals surface area (Å²) in [5.41, 5.74) is 3.38. The number of hydrogen-bond donors (Lipinski definition) is 3. The summed E-state index contributed by atoms with van der Waals surface area (Å²) in [6.45, 7) is 7.48. The fourth-order valence-electron chi connectivity index (χ4n) is 4.15. The molecule has 2 amide bonds. The van der Waals surface area contributed by atoms with E-state index in [4.69, 9.17) is 0 Å². The smallest absolute Gasteiger partial charge is 0.279 e. The Bertz CT molecular complexity index is 851. The highest BCUT2D eigenvalue weighted by Crippen LogP contribution is 2.29. The SMILES string of the molecule is CC(=O)NC1(c2ccccc2)CC[NH+](CC(=O)Nc2c(C)nn(C)c2C)CC1. The molecule has 0 bridgehead atoms. The maximum Gasteiger partial charge on any atom is 0.279 e. The molecule has 150 valence electrons. The van der Waals surface area contributed by atoms with Crippen LogP contribution in [0.25, 0.3) is 0 Å². The summed E-state index contributed by atoms with van der Waals surface area (Å²) < 4.78 is 1.78. The van der Waals surface area contributed by atoms with E-state index < -0.39 is 0 Å². The van der Waals surface area contributed by atoms with E-state index in [9.17, 15) is 9.59 Å². The Morgan fingerprint density at radius 3 is 2.36 bits per heavy atom. The molecule has 2 aromatic rings. The van der Waals surface area contributed by atoms with E-state index in [0.717, 1.165) is 48.6 Å². The highest BCUT2D eigenvalue weighted by atomic mass is 16.2. The Labute approximate surface area is 166 Å². The Morgan fingerprint density at radius 1 is 1.18 bits per heavy atom. The minimum absolute atomic E-state index is 0.000869. The minimum atomic E-state index is -0.344. The first kappa shape index (κ1) is 20.1. The zero-order valence-corrected chi connectivity index (χ0v) is 17.1. The molecule has 0 atom stereocenters.